The Labute approximate surface area is 136 Å². The third-order valence-electron chi connectivity index (χ3n) is 3.89. The van der Waals surface area contributed by atoms with Crippen molar-refractivity contribution >= 4 is 11.8 Å². The van der Waals surface area contributed by atoms with Crippen LogP contribution in [0, 0.1) is 0 Å². The minimum Gasteiger partial charge on any atom is -0.294 e. The summed E-state index contributed by atoms with van der Waals surface area (Å²) in [7, 11) is 0. The van der Waals surface area contributed by atoms with Gasteiger partial charge < -0.3 is 0 Å². The van der Waals surface area contributed by atoms with Crippen LogP contribution in [0.4, 0.5) is 13.2 Å². The fourth-order valence-electron chi connectivity index (χ4n) is 2.77. The maximum absolute atomic E-state index is 13.1. The Kier molecular flexibility index (Phi) is 4.59. The molecule has 0 radical (unpaired) electrons. The molecule has 0 fully saturated rings. The van der Waals surface area contributed by atoms with Gasteiger partial charge in [-0.25, -0.2) is 9.97 Å². The van der Waals surface area contributed by atoms with E-state index in [1.165, 1.54) is 17.8 Å². The van der Waals surface area contributed by atoms with Crippen molar-refractivity contribution in [3.05, 3.63) is 52.8 Å². The van der Waals surface area contributed by atoms with Crippen LogP contribution >= 0.6 is 11.8 Å². The van der Waals surface area contributed by atoms with Crippen LogP contribution in [0.25, 0.3) is 0 Å². The molecular weight excluding hydrogens is 323 g/mol. The highest BCUT2D eigenvalue weighted by molar-refractivity contribution is 7.98. The number of aromatic nitrogens is 2. The Balaban J connectivity index is 1.78. The first-order chi connectivity index (χ1) is 11.0. The minimum atomic E-state index is -4.32. The summed E-state index contributed by atoms with van der Waals surface area (Å²) in [4.78, 5) is 10.7. The first kappa shape index (κ1) is 16.3. The summed E-state index contributed by atoms with van der Waals surface area (Å²) < 4.78 is 39.3. The van der Waals surface area contributed by atoms with Gasteiger partial charge in [-0.2, -0.15) is 13.2 Å². The predicted molar refractivity (Wildman–Crippen MR) is 83.1 cm³/mol. The van der Waals surface area contributed by atoms with E-state index in [0.29, 0.717) is 18.7 Å². The molecule has 0 spiro atoms. The molecule has 0 bridgehead atoms. The molecule has 0 saturated carbocycles. The molecule has 1 aromatic heterocycles. The lowest BCUT2D eigenvalue weighted by Crippen LogP contribution is -2.31. The zero-order valence-corrected chi connectivity index (χ0v) is 13.4. The van der Waals surface area contributed by atoms with Crippen LogP contribution in [-0.2, 0) is 25.7 Å². The van der Waals surface area contributed by atoms with Crippen molar-refractivity contribution in [2.24, 2.45) is 0 Å². The zero-order valence-electron chi connectivity index (χ0n) is 12.6. The number of alkyl halides is 3. The second kappa shape index (κ2) is 6.49. The second-order valence-corrected chi connectivity index (χ2v) is 6.22. The fourth-order valence-corrected chi connectivity index (χ4v) is 3.12. The monoisotopic (exact) mass is 339 g/mol. The predicted octanol–water partition coefficient (Wildman–Crippen LogP) is 3.78. The first-order valence-electron chi connectivity index (χ1n) is 7.23. The van der Waals surface area contributed by atoms with Gasteiger partial charge in [0.25, 0.3) is 0 Å². The van der Waals surface area contributed by atoms with Crippen molar-refractivity contribution in [3.63, 3.8) is 0 Å². The zero-order chi connectivity index (χ0) is 16.4. The van der Waals surface area contributed by atoms with Crippen LogP contribution in [0.1, 0.15) is 22.4 Å². The largest absolute Gasteiger partial charge is 0.416 e. The maximum Gasteiger partial charge on any atom is 0.416 e. The van der Waals surface area contributed by atoms with Gasteiger partial charge >= 0.3 is 6.18 Å². The Morgan fingerprint density at radius 3 is 2.78 bits per heavy atom. The summed E-state index contributed by atoms with van der Waals surface area (Å²) in [5.41, 5.74) is 1.76. The summed E-state index contributed by atoms with van der Waals surface area (Å²) in [6.45, 7) is 1.56. The summed E-state index contributed by atoms with van der Waals surface area (Å²) in [6.07, 6.45) is 0.126. The van der Waals surface area contributed by atoms with E-state index in [4.69, 9.17) is 0 Å². The Bertz CT molecular complexity index is 703. The van der Waals surface area contributed by atoms with Crippen LogP contribution in [0.2, 0.25) is 0 Å². The molecular formula is C16H16F3N3S. The van der Waals surface area contributed by atoms with E-state index >= 15 is 0 Å². The van der Waals surface area contributed by atoms with E-state index in [1.807, 2.05) is 11.2 Å². The molecule has 3 nitrogen and oxygen atoms in total. The summed E-state index contributed by atoms with van der Waals surface area (Å²) >= 11 is 1.49. The number of fused-ring (bicyclic) bond motifs is 1. The Hall–Kier alpha value is -1.60. The lowest BCUT2D eigenvalue weighted by atomic mass is 10.0. The van der Waals surface area contributed by atoms with Gasteiger partial charge in [-0.05, 0) is 17.9 Å². The molecule has 0 N–H and O–H groups in total. The molecule has 2 heterocycles. The number of halogens is 3. The summed E-state index contributed by atoms with van der Waals surface area (Å²) in [5.74, 6) is 0. The van der Waals surface area contributed by atoms with Crippen molar-refractivity contribution in [2.75, 3.05) is 12.8 Å². The van der Waals surface area contributed by atoms with Gasteiger partial charge in [-0.1, -0.05) is 30.0 Å². The molecule has 0 amide bonds. The smallest absolute Gasteiger partial charge is 0.294 e. The molecule has 1 aromatic carbocycles. The summed E-state index contributed by atoms with van der Waals surface area (Å²) in [5, 5.41) is 0.736. The molecule has 1 aliphatic rings. The van der Waals surface area contributed by atoms with E-state index in [1.54, 1.807) is 18.3 Å². The molecule has 2 aromatic rings. The van der Waals surface area contributed by atoms with E-state index < -0.39 is 11.7 Å². The van der Waals surface area contributed by atoms with Crippen LogP contribution in [0.3, 0.4) is 0 Å². The van der Waals surface area contributed by atoms with E-state index in [2.05, 4.69) is 9.97 Å². The molecule has 0 saturated heterocycles. The standard InChI is InChI=1S/C16H16F3N3S/c1-23-15-20-8-12-10-22(7-6-14(12)21-15)9-11-4-2-3-5-13(11)16(17,18)19/h2-5,8H,6-7,9-10H2,1H3. The molecule has 1 aliphatic heterocycles. The SMILES string of the molecule is CSc1ncc2c(n1)CCN(Cc1ccccc1C(F)(F)F)C2. The van der Waals surface area contributed by atoms with Gasteiger partial charge in [0.2, 0.25) is 0 Å². The topological polar surface area (TPSA) is 29.0 Å². The van der Waals surface area contributed by atoms with Gasteiger partial charge in [0.1, 0.15) is 0 Å². The van der Waals surface area contributed by atoms with Gasteiger partial charge in [0, 0.05) is 37.8 Å². The van der Waals surface area contributed by atoms with Gasteiger partial charge in [0.15, 0.2) is 5.16 Å². The highest BCUT2D eigenvalue weighted by atomic mass is 32.2. The molecule has 0 aliphatic carbocycles. The first-order valence-corrected chi connectivity index (χ1v) is 8.46. The second-order valence-electron chi connectivity index (χ2n) is 5.44. The van der Waals surface area contributed by atoms with E-state index in [0.717, 1.165) is 28.9 Å². The van der Waals surface area contributed by atoms with E-state index in [-0.39, 0.29) is 6.54 Å². The average Bonchev–Trinajstić information content (AvgIpc) is 2.54. The number of benzene rings is 1. The Morgan fingerprint density at radius 1 is 1.26 bits per heavy atom. The van der Waals surface area contributed by atoms with Crippen LogP contribution < -0.4 is 0 Å². The number of rotatable bonds is 3. The lowest BCUT2D eigenvalue weighted by Gasteiger charge is -2.28. The molecule has 0 atom stereocenters. The number of hydrogen-bond acceptors (Lipinski definition) is 4. The van der Waals surface area contributed by atoms with Crippen LogP contribution in [0.5, 0.6) is 0 Å². The molecule has 122 valence electrons. The minimum absolute atomic E-state index is 0.277. The van der Waals surface area contributed by atoms with Gasteiger partial charge in [-0.3, -0.25) is 4.90 Å². The highest BCUT2D eigenvalue weighted by Crippen LogP contribution is 2.33. The number of hydrogen-bond donors (Lipinski definition) is 0. The summed E-state index contributed by atoms with van der Waals surface area (Å²) in [6, 6.07) is 5.76. The quantitative estimate of drug-likeness (QED) is 0.629. The number of nitrogens with zero attached hydrogens (tertiary/aromatic N) is 3. The average molecular weight is 339 g/mol. The van der Waals surface area contributed by atoms with Gasteiger partial charge in [-0.15, -0.1) is 0 Å². The molecule has 7 heteroatoms. The third-order valence-corrected chi connectivity index (χ3v) is 4.45. The molecule has 0 unspecified atom stereocenters. The molecule has 3 rings (SSSR count). The Morgan fingerprint density at radius 2 is 2.04 bits per heavy atom. The lowest BCUT2D eigenvalue weighted by molar-refractivity contribution is -0.138. The van der Waals surface area contributed by atoms with Crippen molar-refractivity contribution in [1.82, 2.24) is 14.9 Å². The van der Waals surface area contributed by atoms with Crippen molar-refractivity contribution in [3.8, 4) is 0 Å². The van der Waals surface area contributed by atoms with Crippen LogP contribution in [0.15, 0.2) is 35.6 Å². The van der Waals surface area contributed by atoms with Crippen LogP contribution in [-0.4, -0.2) is 27.7 Å². The fraction of sp³-hybridized carbons (Fsp3) is 0.375. The normalized spacial score (nSPS) is 15.5. The number of thioether (sulfide) groups is 1. The van der Waals surface area contributed by atoms with Crippen molar-refractivity contribution < 1.29 is 13.2 Å². The van der Waals surface area contributed by atoms with E-state index in [9.17, 15) is 13.2 Å². The van der Waals surface area contributed by atoms with Crippen molar-refractivity contribution in [1.29, 1.82) is 0 Å². The van der Waals surface area contributed by atoms with Gasteiger partial charge in [0.05, 0.1) is 11.3 Å². The maximum atomic E-state index is 13.1. The van der Waals surface area contributed by atoms with Crippen molar-refractivity contribution in [2.45, 2.75) is 30.8 Å². The third kappa shape index (κ3) is 3.67. The molecule has 23 heavy (non-hydrogen) atoms. The highest BCUT2D eigenvalue weighted by Gasteiger charge is 2.33.